The number of sulfonamides is 1. The van der Waals surface area contributed by atoms with Gasteiger partial charge in [0.25, 0.3) is 0 Å². The molecule has 1 unspecified atom stereocenters. The highest BCUT2D eigenvalue weighted by atomic mass is 32.2. The van der Waals surface area contributed by atoms with Gasteiger partial charge < -0.3 is 9.88 Å². The molecule has 1 aromatic heterocycles. The van der Waals surface area contributed by atoms with Crippen LogP contribution in [0, 0.1) is 5.92 Å². The molecule has 6 heteroatoms. The molecular formula is C15H29N3O2S. The Morgan fingerprint density at radius 3 is 2.43 bits per heavy atom. The molecular weight excluding hydrogens is 286 g/mol. The molecule has 0 fully saturated rings. The summed E-state index contributed by atoms with van der Waals surface area (Å²) in [4.78, 5) is 0.382. The van der Waals surface area contributed by atoms with Crippen LogP contribution in [0.25, 0.3) is 0 Å². The van der Waals surface area contributed by atoms with Gasteiger partial charge in [-0.1, -0.05) is 20.3 Å². The fraction of sp³-hybridized carbons (Fsp3) is 0.733. The van der Waals surface area contributed by atoms with E-state index in [1.807, 2.05) is 11.6 Å². The van der Waals surface area contributed by atoms with Gasteiger partial charge in [0.05, 0.1) is 0 Å². The van der Waals surface area contributed by atoms with Crippen LogP contribution in [-0.4, -0.2) is 37.9 Å². The highest BCUT2D eigenvalue weighted by Gasteiger charge is 2.24. The van der Waals surface area contributed by atoms with Gasteiger partial charge in [0.1, 0.15) is 4.90 Å². The minimum absolute atomic E-state index is 0.233. The third-order valence-corrected chi connectivity index (χ3v) is 5.58. The molecule has 21 heavy (non-hydrogen) atoms. The first-order chi connectivity index (χ1) is 9.73. The molecule has 1 N–H and O–H groups in total. The lowest BCUT2D eigenvalue weighted by Gasteiger charge is -2.19. The number of hydrogen-bond donors (Lipinski definition) is 1. The number of nitrogens with one attached hydrogen (secondary N) is 1. The van der Waals surface area contributed by atoms with Crippen molar-refractivity contribution >= 4 is 10.0 Å². The topological polar surface area (TPSA) is 54.3 Å². The van der Waals surface area contributed by atoms with Gasteiger partial charge >= 0.3 is 0 Å². The summed E-state index contributed by atoms with van der Waals surface area (Å²) in [6.07, 6.45) is 2.72. The summed E-state index contributed by atoms with van der Waals surface area (Å²) < 4.78 is 28.8. The second-order valence-corrected chi connectivity index (χ2v) is 8.04. The van der Waals surface area contributed by atoms with Gasteiger partial charge in [-0.3, -0.25) is 0 Å². The predicted octanol–water partition coefficient (Wildman–Crippen LogP) is 2.46. The average molecular weight is 315 g/mol. The molecule has 0 bridgehead atoms. The van der Waals surface area contributed by atoms with E-state index in [4.69, 9.17) is 0 Å². The summed E-state index contributed by atoms with van der Waals surface area (Å²) in [5.74, 6) is 0.355. The van der Waals surface area contributed by atoms with Crippen LogP contribution in [0.2, 0.25) is 0 Å². The zero-order chi connectivity index (χ0) is 16.2. The van der Waals surface area contributed by atoms with Crippen molar-refractivity contribution in [3.63, 3.8) is 0 Å². The molecule has 1 atom stereocenters. The van der Waals surface area contributed by atoms with Crippen LogP contribution in [0.4, 0.5) is 0 Å². The van der Waals surface area contributed by atoms with Crippen LogP contribution in [0.1, 0.15) is 45.9 Å². The van der Waals surface area contributed by atoms with E-state index in [2.05, 4.69) is 33.0 Å². The standard InChI is InChI=1S/C15H29N3O2S/c1-7-13(4)10-17(6)21(19,20)15-8-14(9-16-5)18(11-15)12(2)3/h8,11-13,16H,7,9-10H2,1-6H3. The van der Waals surface area contributed by atoms with E-state index >= 15 is 0 Å². The number of rotatable bonds is 8. The third kappa shape index (κ3) is 4.31. The summed E-state index contributed by atoms with van der Waals surface area (Å²) in [6, 6.07) is 2.01. The second kappa shape index (κ2) is 7.42. The first kappa shape index (κ1) is 18.2. The Kier molecular flexibility index (Phi) is 6.43. The molecule has 0 aliphatic heterocycles. The maximum Gasteiger partial charge on any atom is 0.244 e. The Morgan fingerprint density at radius 1 is 1.33 bits per heavy atom. The maximum atomic E-state index is 12.7. The SMILES string of the molecule is CCC(C)CN(C)S(=O)(=O)c1cc(CNC)n(C(C)C)c1. The molecule has 1 rings (SSSR count). The number of nitrogens with zero attached hydrogens (tertiary/aromatic N) is 2. The predicted molar refractivity (Wildman–Crippen MR) is 86.9 cm³/mol. The lowest BCUT2D eigenvalue weighted by atomic mass is 10.1. The normalized spacial score (nSPS) is 14.1. The molecule has 0 radical (unpaired) electrons. The molecule has 0 spiro atoms. The van der Waals surface area contributed by atoms with Gasteiger partial charge in [-0.15, -0.1) is 0 Å². The van der Waals surface area contributed by atoms with E-state index in [0.717, 1.165) is 12.1 Å². The summed E-state index contributed by atoms with van der Waals surface area (Å²) in [7, 11) is 0.108. The first-order valence-electron chi connectivity index (χ1n) is 7.55. The third-order valence-electron chi connectivity index (χ3n) is 3.79. The highest BCUT2D eigenvalue weighted by molar-refractivity contribution is 7.89. The fourth-order valence-electron chi connectivity index (χ4n) is 2.29. The average Bonchev–Trinajstić information content (AvgIpc) is 2.83. The van der Waals surface area contributed by atoms with Crippen molar-refractivity contribution in [3.05, 3.63) is 18.0 Å². The zero-order valence-electron chi connectivity index (χ0n) is 14.0. The monoisotopic (exact) mass is 315 g/mol. The van der Waals surface area contributed by atoms with Crippen LogP contribution < -0.4 is 5.32 Å². The maximum absolute atomic E-state index is 12.7. The van der Waals surface area contributed by atoms with E-state index in [1.54, 1.807) is 19.3 Å². The first-order valence-corrected chi connectivity index (χ1v) is 8.99. The minimum atomic E-state index is -3.41. The number of hydrogen-bond acceptors (Lipinski definition) is 3. The van der Waals surface area contributed by atoms with Gasteiger partial charge in [0, 0.05) is 38.1 Å². The summed E-state index contributed by atoms with van der Waals surface area (Å²) in [5.41, 5.74) is 0.989. The van der Waals surface area contributed by atoms with E-state index < -0.39 is 10.0 Å². The van der Waals surface area contributed by atoms with Crippen LogP contribution in [0.3, 0.4) is 0 Å². The second-order valence-electron chi connectivity index (χ2n) is 6.00. The number of aromatic nitrogens is 1. The summed E-state index contributed by atoms with van der Waals surface area (Å²) >= 11 is 0. The quantitative estimate of drug-likeness (QED) is 0.802. The lowest BCUT2D eigenvalue weighted by Crippen LogP contribution is -2.30. The molecule has 1 aromatic rings. The zero-order valence-corrected chi connectivity index (χ0v) is 14.9. The molecule has 122 valence electrons. The smallest absolute Gasteiger partial charge is 0.244 e. The molecule has 5 nitrogen and oxygen atoms in total. The van der Waals surface area contributed by atoms with Gasteiger partial charge in [-0.25, -0.2) is 12.7 Å². The Hall–Kier alpha value is -0.850. The Bertz CT molecular complexity index is 549. The van der Waals surface area contributed by atoms with Crippen molar-refractivity contribution < 1.29 is 8.42 Å². The van der Waals surface area contributed by atoms with E-state index in [0.29, 0.717) is 23.9 Å². The minimum Gasteiger partial charge on any atom is -0.346 e. The van der Waals surface area contributed by atoms with Crippen molar-refractivity contribution in [2.24, 2.45) is 5.92 Å². The van der Waals surface area contributed by atoms with Crippen molar-refractivity contribution in [2.45, 2.75) is 51.6 Å². The summed E-state index contributed by atoms with van der Waals surface area (Å²) in [6.45, 7) is 9.45. The highest BCUT2D eigenvalue weighted by Crippen LogP contribution is 2.22. The van der Waals surface area contributed by atoms with Crippen LogP contribution in [0.15, 0.2) is 17.2 Å². The molecule has 1 heterocycles. The van der Waals surface area contributed by atoms with Crippen molar-refractivity contribution in [2.75, 3.05) is 20.6 Å². The lowest BCUT2D eigenvalue weighted by molar-refractivity contribution is 0.393. The Balaban J connectivity index is 3.11. The van der Waals surface area contributed by atoms with Crippen LogP contribution >= 0.6 is 0 Å². The molecule has 0 aliphatic rings. The van der Waals surface area contributed by atoms with Gasteiger partial charge in [-0.2, -0.15) is 0 Å². The van der Waals surface area contributed by atoms with Crippen molar-refractivity contribution in [1.82, 2.24) is 14.2 Å². The molecule has 0 saturated heterocycles. The van der Waals surface area contributed by atoms with E-state index in [-0.39, 0.29) is 6.04 Å². The van der Waals surface area contributed by atoms with Gasteiger partial charge in [0.15, 0.2) is 0 Å². The van der Waals surface area contributed by atoms with Crippen molar-refractivity contribution in [1.29, 1.82) is 0 Å². The Morgan fingerprint density at radius 2 is 1.95 bits per heavy atom. The molecule has 0 aromatic carbocycles. The fourth-order valence-corrected chi connectivity index (χ4v) is 3.63. The van der Waals surface area contributed by atoms with Crippen LogP contribution in [-0.2, 0) is 16.6 Å². The molecule has 0 saturated carbocycles. The molecule has 0 amide bonds. The summed E-state index contributed by atoms with van der Waals surface area (Å²) in [5, 5.41) is 3.09. The largest absolute Gasteiger partial charge is 0.346 e. The van der Waals surface area contributed by atoms with Gasteiger partial charge in [0.2, 0.25) is 10.0 Å². The van der Waals surface area contributed by atoms with E-state index in [9.17, 15) is 8.42 Å². The van der Waals surface area contributed by atoms with Crippen LogP contribution in [0.5, 0.6) is 0 Å². The molecule has 0 aliphatic carbocycles. The Labute approximate surface area is 129 Å². The van der Waals surface area contributed by atoms with Crippen molar-refractivity contribution in [3.8, 4) is 0 Å². The van der Waals surface area contributed by atoms with Gasteiger partial charge in [-0.05, 0) is 32.9 Å². The van der Waals surface area contributed by atoms with E-state index in [1.165, 1.54) is 4.31 Å².